The van der Waals surface area contributed by atoms with Gasteiger partial charge in [-0.1, -0.05) is 78.4 Å². The van der Waals surface area contributed by atoms with Crippen molar-refractivity contribution >= 4 is 16.6 Å². The number of nitrogens with two attached hydrogens (primary N) is 1. The third-order valence-electron chi connectivity index (χ3n) is 5.51. The summed E-state index contributed by atoms with van der Waals surface area (Å²) in [6.07, 6.45) is 0.988. The molecule has 126 valence electrons. The quantitative estimate of drug-likeness (QED) is 0.500. The van der Waals surface area contributed by atoms with Gasteiger partial charge in [-0.05, 0) is 35.4 Å². The number of rotatable bonds is 1. The summed E-state index contributed by atoms with van der Waals surface area (Å²) in [5.41, 5.74) is 13.8. The minimum atomic E-state index is 0.290. The lowest BCUT2D eigenvalue weighted by Gasteiger charge is -2.29. The van der Waals surface area contributed by atoms with E-state index in [1.54, 1.807) is 0 Å². The molecule has 1 aliphatic rings. The maximum Gasteiger partial charge on any atom is 0.131 e. The molecule has 2 nitrogen and oxygen atoms in total. The van der Waals surface area contributed by atoms with E-state index in [-0.39, 0.29) is 0 Å². The lowest BCUT2D eigenvalue weighted by atomic mass is 9.76. The number of aromatic nitrogens is 1. The minimum Gasteiger partial charge on any atom is -0.383 e. The normalized spacial score (nSPS) is 15.5. The first-order chi connectivity index (χ1) is 12.7. The minimum absolute atomic E-state index is 0.290. The Hall–Kier alpha value is -3.13. The van der Waals surface area contributed by atoms with Crippen LogP contribution in [0.25, 0.3) is 22.0 Å². The molecule has 1 unspecified atom stereocenters. The third-order valence-corrected chi connectivity index (χ3v) is 5.51. The standard InChI is InChI=1S/C24H20N2/c1-15-10-12-16(13-11-15)21-14-17-6-2-3-7-18(17)23-22(21)19-8-4-5-9-20(19)24(25)26-23/h2-13,21H,14H2,1H3,(H2,25,26). The first-order valence-corrected chi connectivity index (χ1v) is 9.05. The summed E-state index contributed by atoms with van der Waals surface area (Å²) in [7, 11) is 0. The molecule has 0 fully saturated rings. The van der Waals surface area contributed by atoms with E-state index in [2.05, 4.69) is 73.7 Å². The van der Waals surface area contributed by atoms with Crippen molar-refractivity contribution < 1.29 is 0 Å². The van der Waals surface area contributed by atoms with Crippen LogP contribution in [0.4, 0.5) is 5.82 Å². The van der Waals surface area contributed by atoms with E-state index in [0.717, 1.165) is 17.5 Å². The number of nitrogen functional groups attached to an aromatic ring is 1. The Bertz CT molecular complexity index is 1130. The molecule has 1 aromatic heterocycles. The number of hydrogen-bond acceptors (Lipinski definition) is 2. The van der Waals surface area contributed by atoms with Crippen LogP contribution >= 0.6 is 0 Å². The number of anilines is 1. The molecular weight excluding hydrogens is 316 g/mol. The number of nitrogens with zero attached hydrogens (tertiary/aromatic N) is 1. The van der Waals surface area contributed by atoms with E-state index in [1.807, 2.05) is 6.07 Å². The van der Waals surface area contributed by atoms with Crippen LogP contribution in [0.2, 0.25) is 0 Å². The van der Waals surface area contributed by atoms with Gasteiger partial charge in [0.25, 0.3) is 0 Å². The van der Waals surface area contributed by atoms with Gasteiger partial charge in [0.1, 0.15) is 5.82 Å². The van der Waals surface area contributed by atoms with Crippen molar-refractivity contribution in [3.05, 3.63) is 95.1 Å². The molecule has 0 saturated carbocycles. The number of pyridine rings is 1. The fourth-order valence-corrected chi connectivity index (χ4v) is 4.20. The summed E-state index contributed by atoms with van der Waals surface area (Å²) >= 11 is 0. The fraction of sp³-hybridized carbons (Fsp3) is 0.125. The van der Waals surface area contributed by atoms with Crippen LogP contribution in [0.15, 0.2) is 72.8 Å². The molecule has 0 aliphatic heterocycles. The van der Waals surface area contributed by atoms with Crippen LogP contribution < -0.4 is 5.73 Å². The molecule has 0 amide bonds. The predicted octanol–water partition coefficient (Wildman–Crippen LogP) is 5.48. The van der Waals surface area contributed by atoms with Crippen LogP contribution in [0.5, 0.6) is 0 Å². The summed E-state index contributed by atoms with van der Waals surface area (Å²) in [5, 5.41) is 2.26. The number of hydrogen-bond donors (Lipinski definition) is 1. The molecule has 0 radical (unpaired) electrons. The van der Waals surface area contributed by atoms with Gasteiger partial charge in [0, 0.05) is 16.9 Å². The Morgan fingerprint density at radius 2 is 1.54 bits per heavy atom. The lowest BCUT2D eigenvalue weighted by Crippen LogP contribution is -2.15. The number of benzene rings is 3. The van der Waals surface area contributed by atoms with E-state index in [4.69, 9.17) is 10.7 Å². The molecule has 0 spiro atoms. The monoisotopic (exact) mass is 336 g/mol. The highest BCUT2D eigenvalue weighted by Crippen LogP contribution is 2.45. The van der Waals surface area contributed by atoms with Gasteiger partial charge in [0.2, 0.25) is 0 Å². The zero-order chi connectivity index (χ0) is 17.7. The van der Waals surface area contributed by atoms with Crippen molar-refractivity contribution in [3.63, 3.8) is 0 Å². The van der Waals surface area contributed by atoms with Crippen LogP contribution in [0.3, 0.4) is 0 Å². The maximum absolute atomic E-state index is 6.33. The van der Waals surface area contributed by atoms with Crippen molar-refractivity contribution in [3.8, 4) is 11.3 Å². The number of aryl methyl sites for hydroxylation is 1. The van der Waals surface area contributed by atoms with Crippen LogP contribution in [0.1, 0.15) is 28.2 Å². The van der Waals surface area contributed by atoms with Gasteiger partial charge < -0.3 is 5.73 Å². The van der Waals surface area contributed by atoms with E-state index in [0.29, 0.717) is 11.7 Å². The highest BCUT2D eigenvalue weighted by Gasteiger charge is 2.29. The summed E-state index contributed by atoms with van der Waals surface area (Å²) in [4.78, 5) is 4.85. The lowest BCUT2D eigenvalue weighted by molar-refractivity contribution is 0.794. The molecule has 1 aliphatic carbocycles. The first-order valence-electron chi connectivity index (χ1n) is 9.05. The highest BCUT2D eigenvalue weighted by atomic mass is 14.9. The zero-order valence-corrected chi connectivity index (χ0v) is 14.7. The van der Waals surface area contributed by atoms with Gasteiger partial charge in [0.05, 0.1) is 5.69 Å². The van der Waals surface area contributed by atoms with Gasteiger partial charge in [-0.2, -0.15) is 0 Å². The van der Waals surface area contributed by atoms with Crippen molar-refractivity contribution in [2.24, 2.45) is 0 Å². The van der Waals surface area contributed by atoms with Crippen LogP contribution in [0, 0.1) is 6.92 Å². The second-order valence-electron chi connectivity index (χ2n) is 7.13. The SMILES string of the molecule is Cc1ccc(C2Cc3ccccc3-c3nc(N)c4ccccc4c32)cc1. The largest absolute Gasteiger partial charge is 0.383 e. The fourth-order valence-electron chi connectivity index (χ4n) is 4.20. The van der Waals surface area contributed by atoms with Crippen LogP contribution in [-0.4, -0.2) is 4.98 Å². The summed E-state index contributed by atoms with van der Waals surface area (Å²) in [6, 6.07) is 25.9. The molecule has 1 heterocycles. The Morgan fingerprint density at radius 1 is 0.846 bits per heavy atom. The third kappa shape index (κ3) is 2.22. The van der Waals surface area contributed by atoms with Gasteiger partial charge in [-0.25, -0.2) is 4.98 Å². The van der Waals surface area contributed by atoms with Gasteiger partial charge in [0.15, 0.2) is 0 Å². The van der Waals surface area contributed by atoms with Gasteiger partial charge in [-0.15, -0.1) is 0 Å². The second-order valence-corrected chi connectivity index (χ2v) is 7.13. The van der Waals surface area contributed by atoms with E-state index in [9.17, 15) is 0 Å². The van der Waals surface area contributed by atoms with E-state index >= 15 is 0 Å². The summed E-state index contributed by atoms with van der Waals surface area (Å²) < 4.78 is 0. The molecule has 0 bridgehead atoms. The Morgan fingerprint density at radius 3 is 2.35 bits per heavy atom. The first kappa shape index (κ1) is 15.2. The molecule has 5 rings (SSSR count). The smallest absolute Gasteiger partial charge is 0.131 e. The average Bonchev–Trinajstić information content (AvgIpc) is 2.68. The molecule has 2 N–H and O–H groups in total. The van der Waals surface area contributed by atoms with Crippen molar-refractivity contribution in [2.75, 3.05) is 5.73 Å². The molecule has 0 saturated heterocycles. The average molecular weight is 336 g/mol. The van der Waals surface area contributed by atoms with E-state index < -0.39 is 0 Å². The molecule has 26 heavy (non-hydrogen) atoms. The van der Waals surface area contributed by atoms with Crippen molar-refractivity contribution in [1.82, 2.24) is 4.98 Å². The summed E-state index contributed by atoms with van der Waals surface area (Å²) in [5.74, 6) is 0.900. The number of fused-ring (bicyclic) bond motifs is 5. The maximum atomic E-state index is 6.33. The topological polar surface area (TPSA) is 38.9 Å². The second kappa shape index (κ2) is 5.70. The van der Waals surface area contributed by atoms with Gasteiger partial charge >= 0.3 is 0 Å². The molecular formula is C24H20N2. The Balaban J connectivity index is 1.86. The predicted molar refractivity (Wildman–Crippen MR) is 108 cm³/mol. The molecule has 2 heteroatoms. The molecule has 4 aromatic rings. The van der Waals surface area contributed by atoms with E-state index in [1.165, 1.54) is 33.2 Å². The highest BCUT2D eigenvalue weighted by molar-refractivity contribution is 5.98. The summed E-state index contributed by atoms with van der Waals surface area (Å²) in [6.45, 7) is 2.13. The Labute approximate surface area is 153 Å². The van der Waals surface area contributed by atoms with Crippen molar-refractivity contribution in [2.45, 2.75) is 19.3 Å². The molecule has 3 aromatic carbocycles. The van der Waals surface area contributed by atoms with Crippen LogP contribution in [-0.2, 0) is 6.42 Å². The van der Waals surface area contributed by atoms with Crippen molar-refractivity contribution in [1.29, 1.82) is 0 Å². The Kier molecular flexibility index (Phi) is 3.32. The van der Waals surface area contributed by atoms with Gasteiger partial charge in [-0.3, -0.25) is 0 Å². The zero-order valence-electron chi connectivity index (χ0n) is 14.7. The molecule has 1 atom stereocenters.